The monoisotopic (exact) mass is 246 g/mol. The third-order valence-corrected chi connectivity index (χ3v) is 2.90. The second-order valence-electron chi connectivity index (χ2n) is 5.34. The van der Waals surface area contributed by atoms with Crippen molar-refractivity contribution in [3.8, 4) is 6.07 Å². The van der Waals surface area contributed by atoms with Crippen molar-refractivity contribution in [3.05, 3.63) is 35.9 Å². The maximum atomic E-state index is 9.49. The Hall–Kier alpha value is -1.37. The van der Waals surface area contributed by atoms with Crippen molar-refractivity contribution in [2.24, 2.45) is 0 Å². The van der Waals surface area contributed by atoms with Gasteiger partial charge < -0.3 is 4.74 Å². The number of benzene rings is 1. The Morgan fingerprint density at radius 3 is 2.28 bits per heavy atom. The maximum Gasteiger partial charge on any atom is 0.134 e. The normalized spacial score (nSPS) is 14.8. The van der Waals surface area contributed by atoms with Crippen LogP contribution in [0.5, 0.6) is 0 Å². The predicted octanol–water partition coefficient (Wildman–Crippen LogP) is 2.83. The van der Waals surface area contributed by atoms with E-state index in [9.17, 15) is 5.26 Å². The first-order valence-electron chi connectivity index (χ1n) is 6.23. The largest absolute Gasteiger partial charge is 0.376 e. The molecule has 0 amide bonds. The maximum absolute atomic E-state index is 9.49. The minimum Gasteiger partial charge on any atom is -0.376 e. The van der Waals surface area contributed by atoms with E-state index >= 15 is 0 Å². The molecule has 0 aliphatic heterocycles. The van der Waals surface area contributed by atoms with Crippen LogP contribution in [0.4, 0.5) is 0 Å². The van der Waals surface area contributed by atoms with Gasteiger partial charge in [-0.1, -0.05) is 30.3 Å². The van der Waals surface area contributed by atoms with Crippen molar-refractivity contribution in [3.63, 3.8) is 0 Å². The van der Waals surface area contributed by atoms with Gasteiger partial charge in [0.2, 0.25) is 0 Å². The number of ether oxygens (including phenoxy) is 1. The van der Waals surface area contributed by atoms with Gasteiger partial charge in [0.25, 0.3) is 0 Å². The fourth-order valence-corrected chi connectivity index (χ4v) is 1.82. The molecule has 18 heavy (non-hydrogen) atoms. The van der Waals surface area contributed by atoms with Crippen molar-refractivity contribution >= 4 is 0 Å². The quantitative estimate of drug-likeness (QED) is 0.869. The first-order chi connectivity index (χ1) is 8.43. The summed E-state index contributed by atoms with van der Waals surface area (Å²) in [5.74, 6) is 0. The van der Waals surface area contributed by atoms with Crippen molar-refractivity contribution in [1.82, 2.24) is 5.32 Å². The molecule has 1 atom stereocenters. The fraction of sp³-hybridized carbons (Fsp3) is 0.533. The van der Waals surface area contributed by atoms with E-state index in [1.165, 1.54) is 0 Å². The standard InChI is InChI=1S/C15H22N2O/c1-14(2,3)18-11-10-15(12-16,17-4)13-8-6-5-7-9-13/h5-9,17H,10-11H2,1-4H3. The third kappa shape index (κ3) is 3.83. The lowest BCUT2D eigenvalue weighted by atomic mass is 9.88. The van der Waals surface area contributed by atoms with Crippen LogP contribution in [-0.2, 0) is 10.3 Å². The van der Waals surface area contributed by atoms with Crippen LogP contribution in [0.2, 0.25) is 0 Å². The molecule has 0 spiro atoms. The number of nitrogens with one attached hydrogen (secondary N) is 1. The molecule has 0 radical (unpaired) electrons. The number of nitriles is 1. The fourth-order valence-electron chi connectivity index (χ4n) is 1.82. The van der Waals surface area contributed by atoms with E-state index in [1.807, 2.05) is 58.2 Å². The van der Waals surface area contributed by atoms with Crippen LogP contribution in [0.25, 0.3) is 0 Å². The summed E-state index contributed by atoms with van der Waals surface area (Å²) >= 11 is 0. The molecule has 0 aliphatic carbocycles. The minimum atomic E-state index is -0.674. The number of hydrogen-bond acceptors (Lipinski definition) is 3. The topological polar surface area (TPSA) is 45.0 Å². The van der Waals surface area contributed by atoms with Gasteiger partial charge in [-0.05, 0) is 33.4 Å². The molecule has 3 nitrogen and oxygen atoms in total. The van der Waals surface area contributed by atoms with Crippen molar-refractivity contribution in [1.29, 1.82) is 5.26 Å². The Labute approximate surface area is 110 Å². The van der Waals surface area contributed by atoms with E-state index in [1.54, 1.807) is 0 Å². The number of rotatable bonds is 5. The Morgan fingerprint density at radius 1 is 1.22 bits per heavy atom. The summed E-state index contributed by atoms with van der Waals surface area (Å²) in [5, 5.41) is 12.6. The summed E-state index contributed by atoms with van der Waals surface area (Å²) < 4.78 is 5.72. The van der Waals surface area contributed by atoms with Gasteiger partial charge in [0, 0.05) is 6.42 Å². The van der Waals surface area contributed by atoms with Gasteiger partial charge in [-0.3, -0.25) is 5.32 Å². The molecule has 0 heterocycles. The lowest BCUT2D eigenvalue weighted by molar-refractivity contribution is -0.0103. The van der Waals surface area contributed by atoms with E-state index < -0.39 is 5.54 Å². The zero-order valence-corrected chi connectivity index (χ0v) is 11.7. The molecule has 98 valence electrons. The number of nitrogens with zero attached hydrogens (tertiary/aromatic N) is 1. The van der Waals surface area contributed by atoms with Crippen molar-refractivity contribution in [2.75, 3.05) is 13.7 Å². The molecule has 1 unspecified atom stereocenters. The highest BCUT2D eigenvalue weighted by atomic mass is 16.5. The van der Waals surface area contributed by atoms with Crippen LogP contribution in [0.3, 0.4) is 0 Å². The van der Waals surface area contributed by atoms with E-state index in [4.69, 9.17) is 4.74 Å². The lowest BCUT2D eigenvalue weighted by Crippen LogP contribution is -2.40. The SMILES string of the molecule is CNC(C#N)(CCOC(C)(C)C)c1ccccc1. The van der Waals surface area contributed by atoms with Gasteiger partial charge in [-0.15, -0.1) is 0 Å². The molecule has 0 fully saturated rings. The summed E-state index contributed by atoms with van der Waals surface area (Å²) in [6.07, 6.45) is 0.626. The van der Waals surface area contributed by atoms with Crippen molar-refractivity contribution < 1.29 is 4.74 Å². The van der Waals surface area contributed by atoms with Crippen LogP contribution in [-0.4, -0.2) is 19.3 Å². The zero-order chi connectivity index (χ0) is 13.6. The summed E-state index contributed by atoms with van der Waals surface area (Å²) in [5.41, 5.74) is 0.130. The molecule has 0 aromatic heterocycles. The van der Waals surface area contributed by atoms with E-state index in [0.29, 0.717) is 13.0 Å². The summed E-state index contributed by atoms with van der Waals surface area (Å²) in [7, 11) is 1.81. The highest BCUT2D eigenvalue weighted by Gasteiger charge is 2.30. The predicted molar refractivity (Wildman–Crippen MR) is 73.1 cm³/mol. The molecule has 0 aliphatic rings. The van der Waals surface area contributed by atoms with E-state index in [0.717, 1.165) is 5.56 Å². The van der Waals surface area contributed by atoms with Crippen molar-refractivity contribution in [2.45, 2.75) is 38.3 Å². The molecule has 0 saturated heterocycles. The molecule has 1 aromatic carbocycles. The van der Waals surface area contributed by atoms with Gasteiger partial charge in [0.05, 0.1) is 18.3 Å². The summed E-state index contributed by atoms with van der Waals surface area (Å²) in [6.45, 7) is 6.60. The smallest absolute Gasteiger partial charge is 0.134 e. The van der Waals surface area contributed by atoms with Gasteiger partial charge in [-0.25, -0.2) is 0 Å². The Bertz CT molecular complexity index is 403. The lowest BCUT2D eigenvalue weighted by Gasteiger charge is -2.28. The highest BCUT2D eigenvalue weighted by Crippen LogP contribution is 2.24. The second kappa shape index (κ2) is 5.99. The van der Waals surface area contributed by atoms with E-state index in [2.05, 4.69) is 11.4 Å². The summed E-state index contributed by atoms with van der Waals surface area (Å²) in [6, 6.07) is 12.2. The van der Waals surface area contributed by atoms with Crippen LogP contribution < -0.4 is 5.32 Å². The van der Waals surface area contributed by atoms with Gasteiger partial charge in [0.15, 0.2) is 0 Å². The van der Waals surface area contributed by atoms with Crippen LogP contribution in [0, 0.1) is 11.3 Å². The van der Waals surface area contributed by atoms with E-state index in [-0.39, 0.29) is 5.60 Å². The zero-order valence-electron chi connectivity index (χ0n) is 11.7. The van der Waals surface area contributed by atoms with Gasteiger partial charge in [-0.2, -0.15) is 5.26 Å². The highest BCUT2D eigenvalue weighted by molar-refractivity contribution is 5.31. The van der Waals surface area contributed by atoms with Gasteiger partial charge >= 0.3 is 0 Å². The first kappa shape index (κ1) is 14.7. The third-order valence-electron chi connectivity index (χ3n) is 2.90. The van der Waals surface area contributed by atoms with Crippen LogP contribution in [0.15, 0.2) is 30.3 Å². The Morgan fingerprint density at radius 2 is 1.83 bits per heavy atom. The Balaban J connectivity index is 2.80. The number of hydrogen-bond donors (Lipinski definition) is 1. The molecule has 1 rings (SSSR count). The molecule has 0 saturated carbocycles. The van der Waals surface area contributed by atoms with Crippen LogP contribution in [0.1, 0.15) is 32.8 Å². The Kier molecular flexibility index (Phi) is 4.89. The molecular formula is C15H22N2O. The van der Waals surface area contributed by atoms with Crippen LogP contribution >= 0.6 is 0 Å². The summed E-state index contributed by atoms with van der Waals surface area (Å²) in [4.78, 5) is 0. The minimum absolute atomic E-state index is 0.175. The molecule has 1 N–H and O–H groups in total. The first-order valence-corrected chi connectivity index (χ1v) is 6.23. The average molecular weight is 246 g/mol. The molecule has 3 heteroatoms. The average Bonchev–Trinajstić information content (AvgIpc) is 2.35. The molecular weight excluding hydrogens is 224 g/mol. The molecule has 0 bridgehead atoms. The molecule has 1 aromatic rings. The van der Waals surface area contributed by atoms with Gasteiger partial charge in [0.1, 0.15) is 5.54 Å². The second-order valence-corrected chi connectivity index (χ2v) is 5.34.